The SMILES string of the molecule is CC/C=C\C/C=C\C/C=C\C/C=C\C/C=C\CC(=O)OCC(COC1OC(C(=O)O)C(O)C(O)C1OC(=O)CCCCCCCCC/C=C\C/C=C\C/C=C\CC)OC(=O)CCCCCCC/C=C\CCCCCCCC. The van der Waals surface area contributed by atoms with Gasteiger partial charge in [-0.15, -0.1) is 0 Å². The molecule has 0 amide bonds. The number of carbonyl (C=O) groups is 4. The fourth-order valence-electron chi connectivity index (χ4n) is 8.33. The van der Waals surface area contributed by atoms with Crippen molar-refractivity contribution >= 4 is 23.9 Å². The topological polar surface area (TPSA) is 175 Å². The molecule has 77 heavy (non-hydrogen) atoms. The van der Waals surface area contributed by atoms with Gasteiger partial charge in [-0.05, 0) is 103 Å². The number of ether oxygens (including phenoxy) is 5. The van der Waals surface area contributed by atoms with Crippen molar-refractivity contribution in [2.75, 3.05) is 13.2 Å². The van der Waals surface area contributed by atoms with Gasteiger partial charge < -0.3 is 39.0 Å². The fourth-order valence-corrected chi connectivity index (χ4v) is 8.33. The van der Waals surface area contributed by atoms with Crippen LogP contribution in [0.15, 0.2) is 109 Å². The molecule has 0 aliphatic carbocycles. The monoisotopic (exact) mass is 1080 g/mol. The molecule has 0 radical (unpaired) electrons. The molecular formula is C65H104O12. The van der Waals surface area contributed by atoms with Gasteiger partial charge in [-0.25, -0.2) is 4.79 Å². The molecule has 0 spiro atoms. The van der Waals surface area contributed by atoms with Crippen LogP contribution in [0.25, 0.3) is 0 Å². The molecule has 3 N–H and O–H groups in total. The highest BCUT2D eigenvalue weighted by atomic mass is 16.7. The number of carbonyl (C=O) groups excluding carboxylic acids is 3. The van der Waals surface area contributed by atoms with Crippen LogP contribution in [-0.2, 0) is 42.9 Å². The zero-order valence-electron chi connectivity index (χ0n) is 47.9. The van der Waals surface area contributed by atoms with E-state index in [2.05, 4.69) is 112 Å². The summed E-state index contributed by atoms with van der Waals surface area (Å²) in [5.41, 5.74) is 0. The fraction of sp³-hybridized carbons (Fsp3) is 0.662. The standard InChI is InChI=1S/C65H104O12/c1-4-7-10-13-16-19-22-25-28-29-32-35-38-41-44-47-50-53-59(68)76-63-61(70)60(69)62(64(71)72)77-65(63)74-55-56(75-58(67)52-49-46-43-40-37-34-31-27-24-21-18-15-12-9-6-3)54-73-57(66)51-48-45-42-39-36-33-30-26-23-20-17-14-11-8-5-2/h7-8,10-11,16-17,19-20,25-28,30-31,36,39,45,48,56,60-63,65,69-70H,4-6,9,12-15,18,21-24,29,32-35,37-38,40-44,46-47,49-55H2,1-3H3,(H,71,72)/b10-7-,11-8-,19-16-,20-17-,28-25-,30-26-,31-27-,39-36-,48-45-. The lowest BCUT2D eigenvalue weighted by Crippen LogP contribution is -2.61. The smallest absolute Gasteiger partial charge is 0.335 e. The number of aliphatic hydroxyl groups is 2. The average Bonchev–Trinajstić information content (AvgIpc) is 3.42. The van der Waals surface area contributed by atoms with E-state index in [-0.39, 0.29) is 25.9 Å². The first-order valence-corrected chi connectivity index (χ1v) is 29.9. The molecule has 0 aromatic carbocycles. The molecule has 12 nitrogen and oxygen atoms in total. The quantitative estimate of drug-likeness (QED) is 0.0228. The molecule has 1 heterocycles. The maximum Gasteiger partial charge on any atom is 0.335 e. The summed E-state index contributed by atoms with van der Waals surface area (Å²) in [4.78, 5) is 51.1. The van der Waals surface area contributed by atoms with Gasteiger partial charge in [0.05, 0.1) is 13.0 Å². The minimum absolute atomic E-state index is 0.0215. The number of rotatable bonds is 49. The van der Waals surface area contributed by atoms with E-state index in [1.807, 2.05) is 12.2 Å². The van der Waals surface area contributed by atoms with E-state index in [0.29, 0.717) is 19.3 Å². The van der Waals surface area contributed by atoms with Gasteiger partial charge in [0.2, 0.25) is 0 Å². The van der Waals surface area contributed by atoms with Crippen LogP contribution in [0.5, 0.6) is 0 Å². The second kappa shape index (κ2) is 52.1. The van der Waals surface area contributed by atoms with Gasteiger partial charge in [0.15, 0.2) is 24.6 Å². The van der Waals surface area contributed by atoms with E-state index in [4.69, 9.17) is 23.7 Å². The van der Waals surface area contributed by atoms with Crippen LogP contribution in [0.4, 0.5) is 0 Å². The summed E-state index contributed by atoms with van der Waals surface area (Å²) in [6.45, 7) is 5.66. The normalized spacial score (nSPS) is 18.8. The molecule has 1 saturated heterocycles. The van der Waals surface area contributed by atoms with Gasteiger partial charge in [0, 0.05) is 12.8 Å². The highest BCUT2D eigenvalue weighted by Crippen LogP contribution is 2.26. The molecule has 0 aromatic rings. The summed E-state index contributed by atoms with van der Waals surface area (Å²) in [6, 6.07) is 0. The van der Waals surface area contributed by atoms with E-state index < -0.39 is 67.3 Å². The number of carboxylic acids is 1. The first kappa shape index (κ1) is 70.4. The number of carboxylic acid groups (broad SMARTS) is 1. The number of aliphatic carboxylic acids is 1. The molecule has 12 heteroatoms. The Morgan fingerprint density at radius 1 is 0.455 bits per heavy atom. The molecular weight excluding hydrogens is 973 g/mol. The van der Waals surface area contributed by atoms with Crippen molar-refractivity contribution in [3.8, 4) is 0 Å². The van der Waals surface area contributed by atoms with E-state index in [1.165, 1.54) is 38.5 Å². The van der Waals surface area contributed by atoms with Gasteiger partial charge >= 0.3 is 23.9 Å². The van der Waals surface area contributed by atoms with Crippen molar-refractivity contribution in [1.29, 1.82) is 0 Å². The summed E-state index contributed by atoms with van der Waals surface area (Å²) >= 11 is 0. The van der Waals surface area contributed by atoms with Crippen LogP contribution in [-0.4, -0.2) is 89.2 Å². The summed E-state index contributed by atoms with van der Waals surface area (Å²) in [5.74, 6) is -3.32. The molecule has 6 atom stereocenters. The third kappa shape index (κ3) is 42.1. The number of allylic oxidation sites excluding steroid dienone is 17. The van der Waals surface area contributed by atoms with E-state index in [1.54, 1.807) is 6.08 Å². The number of esters is 3. The van der Waals surface area contributed by atoms with E-state index >= 15 is 0 Å². The number of hydrogen-bond donors (Lipinski definition) is 3. The van der Waals surface area contributed by atoms with Gasteiger partial charge in [0.1, 0.15) is 18.8 Å². The van der Waals surface area contributed by atoms with Crippen LogP contribution < -0.4 is 0 Å². The molecule has 1 aliphatic rings. The van der Waals surface area contributed by atoms with E-state index in [0.717, 1.165) is 128 Å². The maximum atomic E-state index is 13.1. The van der Waals surface area contributed by atoms with Gasteiger partial charge in [-0.1, -0.05) is 214 Å². The second-order valence-electron chi connectivity index (χ2n) is 19.9. The van der Waals surface area contributed by atoms with Crippen molar-refractivity contribution in [2.24, 2.45) is 0 Å². The molecule has 6 unspecified atom stereocenters. The Hall–Kier alpha value is -4.62. The van der Waals surface area contributed by atoms with Crippen LogP contribution in [0.3, 0.4) is 0 Å². The molecule has 1 fully saturated rings. The van der Waals surface area contributed by atoms with Crippen LogP contribution in [0.2, 0.25) is 0 Å². The summed E-state index contributed by atoms with van der Waals surface area (Å²) in [7, 11) is 0. The third-order valence-electron chi connectivity index (χ3n) is 12.8. The molecule has 436 valence electrons. The van der Waals surface area contributed by atoms with Crippen LogP contribution in [0, 0.1) is 0 Å². The Balaban J connectivity index is 2.75. The Morgan fingerprint density at radius 2 is 0.857 bits per heavy atom. The third-order valence-corrected chi connectivity index (χ3v) is 12.8. The molecule has 0 saturated carbocycles. The molecule has 1 rings (SSSR count). The second-order valence-corrected chi connectivity index (χ2v) is 19.9. The Kier molecular flexibility index (Phi) is 47.6. The molecule has 0 aromatic heterocycles. The van der Waals surface area contributed by atoms with Gasteiger partial charge in [-0.3, -0.25) is 14.4 Å². The summed E-state index contributed by atoms with van der Waals surface area (Å²) in [5, 5.41) is 31.5. The minimum atomic E-state index is -1.92. The zero-order chi connectivity index (χ0) is 56.1. The first-order chi connectivity index (χ1) is 37.6. The number of hydrogen-bond acceptors (Lipinski definition) is 11. The summed E-state index contributed by atoms with van der Waals surface area (Å²) < 4.78 is 28.3. The minimum Gasteiger partial charge on any atom is -0.479 e. The highest BCUT2D eigenvalue weighted by Gasteiger charge is 2.50. The average molecular weight is 1080 g/mol. The van der Waals surface area contributed by atoms with Crippen molar-refractivity contribution in [2.45, 2.75) is 263 Å². The Morgan fingerprint density at radius 3 is 1.32 bits per heavy atom. The largest absolute Gasteiger partial charge is 0.479 e. The number of aliphatic hydroxyl groups excluding tert-OH is 2. The zero-order valence-corrected chi connectivity index (χ0v) is 47.9. The molecule has 1 aliphatic heterocycles. The lowest BCUT2D eigenvalue weighted by molar-refractivity contribution is -0.301. The van der Waals surface area contributed by atoms with Crippen molar-refractivity contribution in [1.82, 2.24) is 0 Å². The van der Waals surface area contributed by atoms with Crippen molar-refractivity contribution in [3.63, 3.8) is 0 Å². The van der Waals surface area contributed by atoms with Crippen LogP contribution in [0.1, 0.15) is 226 Å². The lowest BCUT2D eigenvalue weighted by atomic mass is 9.98. The predicted molar refractivity (Wildman–Crippen MR) is 312 cm³/mol. The predicted octanol–water partition coefficient (Wildman–Crippen LogP) is 15.4. The van der Waals surface area contributed by atoms with Crippen molar-refractivity contribution in [3.05, 3.63) is 109 Å². The Labute approximate surface area is 465 Å². The number of unbranched alkanes of at least 4 members (excludes halogenated alkanes) is 18. The Bertz CT molecular complexity index is 1750. The summed E-state index contributed by atoms with van der Waals surface area (Å²) in [6.07, 6.45) is 57.9. The first-order valence-electron chi connectivity index (χ1n) is 29.9. The lowest BCUT2D eigenvalue weighted by Gasteiger charge is -2.40. The van der Waals surface area contributed by atoms with Crippen molar-refractivity contribution < 1.29 is 58.2 Å². The molecule has 0 bridgehead atoms. The van der Waals surface area contributed by atoms with Crippen LogP contribution >= 0.6 is 0 Å². The maximum absolute atomic E-state index is 13.1. The highest BCUT2D eigenvalue weighted by molar-refractivity contribution is 5.74. The van der Waals surface area contributed by atoms with E-state index in [9.17, 15) is 34.5 Å². The van der Waals surface area contributed by atoms with Gasteiger partial charge in [0.25, 0.3) is 0 Å². The van der Waals surface area contributed by atoms with Gasteiger partial charge in [-0.2, -0.15) is 0 Å².